The number of pyridine rings is 1. The van der Waals surface area contributed by atoms with E-state index in [2.05, 4.69) is 108 Å². The first kappa shape index (κ1) is 16.8. The normalized spacial score (nSPS) is 12.4. The highest BCUT2D eigenvalue weighted by molar-refractivity contribution is 7.25. The Morgan fingerprint density at radius 1 is 0.500 bits per heavy atom. The van der Waals surface area contributed by atoms with Gasteiger partial charge < -0.3 is 4.40 Å². The Morgan fingerprint density at radius 2 is 1.25 bits per heavy atom. The van der Waals surface area contributed by atoms with E-state index < -0.39 is 0 Å². The van der Waals surface area contributed by atoms with E-state index in [1.165, 1.54) is 68.9 Å². The van der Waals surface area contributed by atoms with Crippen molar-refractivity contribution in [3.63, 3.8) is 0 Å². The molecule has 0 atom stereocenters. The molecule has 8 rings (SSSR count). The van der Waals surface area contributed by atoms with Gasteiger partial charge in [-0.3, -0.25) is 0 Å². The molecule has 0 unspecified atom stereocenters. The maximum absolute atomic E-state index is 2.43. The number of hydrogen-bond donors (Lipinski definition) is 0. The van der Waals surface area contributed by atoms with Crippen LogP contribution in [0, 0.1) is 0 Å². The van der Waals surface area contributed by atoms with Crippen LogP contribution in [-0.2, 0) is 0 Å². The lowest BCUT2D eigenvalue weighted by Gasteiger charge is -2.12. The summed E-state index contributed by atoms with van der Waals surface area (Å²) in [6.45, 7) is 0. The Hall–Kier alpha value is -3.88. The molecule has 8 aromatic rings. The molecule has 32 heavy (non-hydrogen) atoms. The molecule has 0 aliphatic heterocycles. The fourth-order valence-corrected chi connectivity index (χ4v) is 6.65. The molecule has 0 aliphatic carbocycles. The molecule has 3 heterocycles. The molecule has 5 aromatic carbocycles. The van der Waals surface area contributed by atoms with E-state index in [0.29, 0.717) is 0 Å². The fourth-order valence-electron chi connectivity index (χ4n) is 5.53. The second kappa shape index (κ2) is 5.87. The van der Waals surface area contributed by atoms with Crippen LogP contribution in [0.25, 0.3) is 68.9 Å². The molecule has 0 N–H and O–H groups in total. The Bertz CT molecular complexity index is 2040. The van der Waals surface area contributed by atoms with E-state index in [4.69, 9.17) is 0 Å². The Labute approximate surface area is 187 Å². The number of benzene rings is 5. The highest BCUT2D eigenvalue weighted by atomic mass is 32.1. The molecule has 148 valence electrons. The molecule has 0 amide bonds. The molecule has 0 saturated carbocycles. The number of thiophene rings is 1. The van der Waals surface area contributed by atoms with E-state index in [1.54, 1.807) is 0 Å². The van der Waals surface area contributed by atoms with E-state index >= 15 is 0 Å². The average Bonchev–Trinajstić information content (AvgIpc) is 3.41. The lowest BCUT2D eigenvalue weighted by Crippen LogP contribution is -1.91. The van der Waals surface area contributed by atoms with Crippen LogP contribution in [0.15, 0.2) is 103 Å². The van der Waals surface area contributed by atoms with Crippen molar-refractivity contribution >= 4 is 80.2 Å². The molecule has 1 nitrogen and oxygen atoms in total. The molecule has 2 heteroatoms. The molecule has 3 aromatic heterocycles. The van der Waals surface area contributed by atoms with Crippen molar-refractivity contribution in [3.8, 4) is 0 Å². The maximum atomic E-state index is 2.43. The topological polar surface area (TPSA) is 4.41 Å². The van der Waals surface area contributed by atoms with Gasteiger partial charge in [0.05, 0.1) is 11.0 Å². The van der Waals surface area contributed by atoms with Gasteiger partial charge in [0.2, 0.25) is 0 Å². The lowest BCUT2D eigenvalue weighted by molar-refractivity contribution is 1.30. The fraction of sp³-hybridized carbons (Fsp3) is 0. The summed E-state index contributed by atoms with van der Waals surface area (Å²) in [5.74, 6) is 0. The summed E-state index contributed by atoms with van der Waals surface area (Å²) < 4.78 is 5.12. The van der Waals surface area contributed by atoms with Crippen molar-refractivity contribution < 1.29 is 0 Å². The Balaban J connectivity index is 1.74. The van der Waals surface area contributed by atoms with Crippen molar-refractivity contribution in [1.82, 2.24) is 4.40 Å². The van der Waals surface area contributed by atoms with Crippen molar-refractivity contribution in [2.45, 2.75) is 0 Å². The standard InChI is InChI=1S/C30H17NS/c1-3-9-20-18(7-1)13-14-23-24-15-25-22-11-5-6-12-27(22)32-28(25)16-26(24)31-17-19-8-2-4-10-21(19)30(31)29(20)23/h1-17H. The predicted octanol–water partition coefficient (Wildman–Crippen LogP) is 8.92. The summed E-state index contributed by atoms with van der Waals surface area (Å²) in [6.07, 6.45) is 2.31. The van der Waals surface area contributed by atoms with Crippen LogP contribution >= 0.6 is 11.3 Å². The Kier molecular flexibility index (Phi) is 3.08. The number of nitrogens with zero attached hydrogens (tertiary/aromatic N) is 1. The van der Waals surface area contributed by atoms with Crippen LogP contribution in [0.3, 0.4) is 0 Å². The third-order valence-electron chi connectivity index (χ3n) is 6.94. The van der Waals surface area contributed by atoms with Gasteiger partial charge in [0.25, 0.3) is 0 Å². The highest BCUT2D eigenvalue weighted by Gasteiger charge is 2.16. The summed E-state index contributed by atoms with van der Waals surface area (Å²) in [6, 6.07) is 35.7. The summed E-state index contributed by atoms with van der Waals surface area (Å²) in [5, 5.41) is 11.9. The predicted molar refractivity (Wildman–Crippen MR) is 140 cm³/mol. The van der Waals surface area contributed by atoms with Gasteiger partial charge in [0.15, 0.2) is 0 Å². The largest absolute Gasteiger partial charge is 0.315 e. The number of fused-ring (bicyclic) bond motifs is 13. The monoisotopic (exact) mass is 423 g/mol. The van der Waals surface area contributed by atoms with Gasteiger partial charge >= 0.3 is 0 Å². The SMILES string of the molecule is c1ccc2c(c1)ccc1c3cc4c(cc3n3cc5ccccc5c3c21)sc1ccccc14. The minimum absolute atomic E-state index is 1.28. The minimum Gasteiger partial charge on any atom is -0.315 e. The molecule has 0 spiro atoms. The number of hydrogen-bond acceptors (Lipinski definition) is 1. The lowest BCUT2D eigenvalue weighted by atomic mass is 9.97. The second-order valence-electron chi connectivity index (χ2n) is 8.61. The van der Waals surface area contributed by atoms with Gasteiger partial charge in [-0.2, -0.15) is 0 Å². The molecule has 0 aliphatic rings. The average molecular weight is 424 g/mol. The van der Waals surface area contributed by atoms with E-state index in [1.807, 2.05) is 11.3 Å². The number of aromatic nitrogens is 1. The van der Waals surface area contributed by atoms with Gasteiger partial charge in [-0.05, 0) is 34.4 Å². The van der Waals surface area contributed by atoms with Crippen LogP contribution in [0.1, 0.15) is 0 Å². The molecule has 0 fully saturated rings. The molecule has 0 radical (unpaired) electrons. The minimum atomic E-state index is 1.28. The van der Waals surface area contributed by atoms with Gasteiger partial charge in [0.1, 0.15) is 0 Å². The second-order valence-corrected chi connectivity index (χ2v) is 9.69. The summed E-state index contributed by atoms with van der Waals surface area (Å²) in [5.41, 5.74) is 2.58. The first-order chi connectivity index (χ1) is 15.9. The van der Waals surface area contributed by atoms with Crippen molar-refractivity contribution in [2.75, 3.05) is 0 Å². The first-order valence-corrected chi connectivity index (χ1v) is 11.8. The van der Waals surface area contributed by atoms with Gasteiger partial charge in [0, 0.05) is 47.9 Å². The summed E-state index contributed by atoms with van der Waals surface area (Å²) in [4.78, 5) is 0. The highest BCUT2D eigenvalue weighted by Crippen LogP contribution is 2.42. The van der Waals surface area contributed by atoms with Gasteiger partial charge in [-0.25, -0.2) is 0 Å². The quantitative estimate of drug-likeness (QED) is 0.214. The zero-order valence-corrected chi connectivity index (χ0v) is 18.0. The third-order valence-corrected chi connectivity index (χ3v) is 8.07. The van der Waals surface area contributed by atoms with Crippen LogP contribution in [0.2, 0.25) is 0 Å². The van der Waals surface area contributed by atoms with E-state index in [-0.39, 0.29) is 0 Å². The summed E-state index contributed by atoms with van der Waals surface area (Å²) in [7, 11) is 0. The van der Waals surface area contributed by atoms with Crippen molar-refractivity contribution in [1.29, 1.82) is 0 Å². The van der Waals surface area contributed by atoms with Crippen molar-refractivity contribution in [2.24, 2.45) is 0 Å². The van der Waals surface area contributed by atoms with Crippen LogP contribution < -0.4 is 0 Å². The zero-order valence-electron chi connectivity index (χ0n) is 17.2. The van der Waals surface area contributed by atoms with Gasteiger partial charge in [-0.15, -0.1) is 11.3 Å². The van der Waals surface area contributed by atoms with Gasteiger partial charge in [-0.1, -0.05) is 78.9 Å². The Morgan fingerprint density at radius 3 is 2.16 bits per heavy atom. The molecule has 0 bridgehead atoms. The molecule has 0 saturated heterocycles. The van der Waals surface area contributed by atoms with Crippen LogP contribution in [-0.4, -0.2) is 4.40 Å². The number of rotatable bonds is 0. The summed E-state index contributed by atoms with van der Waals surface area (Å²) >= 11 is 1.89. The van der Waals surface area contributed by atoms with Crippen molar-refractivity contribution in [3.05, 3.63) is 103 Å². The van der Waals surface area contributed by atoms with Crippen LogP contribution in [0.4, 0.5) is 0 Å². The maximum Gasteiger partial charge on any atom is 0.0619 e. The van der Waals surface area contributed by atoms with E-state index in [9.17, 15) is 0 Å². The molecular weight excluding hydrogens is 406 g/mol. The van der Waals surface area contributed by atoms with Crippen LogP contribution in [0.5, 0.6) is 0 Å². The first-order valence-electron chi connectivity index (χ1n) is 10.9. The zero-order chi connectivity index (χ0) is 20.8. The smallest absolute Gasteiger partial charge is 0.0619 e. The third kappa shape index (κ3) is 2.03. The molecular formula is C30H17NS. The van der Waals surface area contributed by atoms with E-state index in [0.717, 1.165) is 0 Å².